The molecule has 1 heterocycles. The number of unbranched alkanes of at least 4 members (excludes halogenated alkanes) is 3. The first-order valence-corrected chi connectivity index (χ1v) is 8.11. The molecular weight excluding hydrogens is 353 g/mol. The lowest BCUT2D eigenvalue weighted by Gasteiger charge is -2.08. The van der Waals surface area contributed by atoms with Gasteiger partial charge in [-0.3, -0.25) is 10.0 Å². The van der Waals surface area contributed by atoms with E-state index in [4.69, 9.17) is 9.62 Å². The molecule has 1 aromatic carbocycles. The van der Waals surface area contributed by atoms with Crippen LogP contribution in [0.3, 0.4) is 0 Å². The topological polar surface area (TPSA) is 84.6 Å². The first-order valence-electron chi connectivity index (χ1n) is 8.11. The zero-order valence-corrected chi connectivity index (χ0v) is 13.9. The van der Waals surface area contributed by atoms with Gasteiger partial charge in [-0.1, -0.05) is 12.8 Å². The molecule has 0 aliphatic heterocycles. The molecule has 2 rings (SSSR count). The summed E-state index contributed by atoms with van der Waals surface area (Å²) in [5.41, 5.74) is 2.15. The summed E-state index contributed by atoms with van der Waals surface area (Å²) in [6.07, 6.45) is 1.14. The summed E-state index contributed by atoms with van der Waals surface area (Å²) in [5, 5.41) is 8.37. The number of nitrogens with one attached hydrogen (secondary N) is 1. The summed E-state index contributed by atoms with van der Waals surface area (Å²) in [5.74, 6) is 0.321. The summed E-state index contributed by atoms with van der Waals surface area (Å²) in [4.78, 5) is 15.0. The Morgan fingerprint density at radius 1 is 1.15 bits per heavy atom. The van der Waals surface area contributed by atoms with Gasteiger partial charge in [-0.05, 0) is 37.1 Å². The first-order chi connectivity index (χ1) is 12.4. The lowest BCUT2D eigenvalue weighted by molar-refractivity contribution is -0.274. The Morgan fingerprint density at radius 3 is 2.50 bits per heavy atom. The van der Waals surface area contributed by atoms with E-state index in [1.807, 2.05) is 0 Å². The second kappa shape index (κ2) is 9.23. The number of aryl methyl sites for hydroxylation is 1. The van der Waals surface area contributed by atoms with Crippen molar-refractivity contribution in [2.75, 3.05) is 0 Å². The van der Waals surface area contributed by atoms with Crippen LogP contribution < -0.4 is 10.2 Å². The van der Waals surface area contributed by atoms with E-state index in [1.165, 1.54) is 24.3 Å². The van der Waals surface area contributed by atoms with Gasteiger partial charge in [-0.15, -0.1) is 13.2 Å². The molecule has 0 fully saturated rings. The van der Waals surface area contributed by atoms with Crippen molar-refractivity contribution in [2.24, 2.45) is 0 Å². The lowest BCUT2D eigenvalue weighted by atomic mass is 10.1. The SMILES string of the molecule is O=C(CCCCCCc1cnc(-c2ccc(OC(F)(F)F)cc2)o1)NO. The van der Waals surface area contributed by atoms with Crippen molar-refractivity contribution in [3.63, 3.8) is 0 Å². The van der Waals surface area contributed by atoms with E-state index >= 15 is 0 Å². The van der Waals surface area contributed by atoms with Crippen LogP contribution in [0, 0.1) is 0 Å². The number of hydrogen-bond acceptors (Lipinski definition) is 5. The average molecular weight is 372 g/mol. The molecule has 9 heteroatoms. The molecule has 0 aliphatic carbocycles. The van der Waals surface area contributed by atoms with Crippen LogP contribution >= 0.6 is 0 Å². The minimum atomic E-state index is -4.72. The maximum atomic E-state index is 12.1. The van der Waals surface area contributed by atoms with Crippen LogP contribution in [0.2, 0.25) is 0 Å². The van der Waals surface area contributed by atoms with Gasteiger partial charge in [0.1, 0.15) is 11.5 Å². The molecule has 0 atom stereocenters. The number of carbonyl (C=O) groups is 1. The summed E-state index contributed by atoms with van der Waals surface area (Å²) in [6, 6.07) is 5.30. The van der Waals surface area contributed by atoms with Gasteiger partial charge in [-0.2, -0.15) is 0 Å². The minimum Gasteiger partial charge on any atom is -0.441 e. The van der Waals surface area contributed by atoms with Crippen LogP contribution in [-0.2, 0) is 11.2 Å². The Bertz CT molecular complexity index is 699. The smallest absolute Gasteiger partial charge is 0.441 e. The number of halogens is 3. The van der Waals surface area contributed by atoms with Crippen LogP contribution in [0.4, 0.5) is 13.2 Å². The highest BCUT2D eigenvalue weighted by Gasteiger charge is 2.31. The lowest BCUT2D eigenvalue weighted by Crippen LogP contribution is -2.17. The Kier molecular flexibility index (Phi) is 7.02. The number of hydroxylamine groups is 1. The number of rotatable bonds is 9. The monoisotopic (exact) mass is 372 g/mol. The summed E-state index contributed by atoms with van der Waals surface area (Å²) in [7, 11) is 0. The second-order valence-corrected chi connectivity index (χ2v) is 5.65. The van der Waals surface area contributed by atoms with E-state index in [2.05, 4.69) is 9.72 Å². The molecule has 0 unspecified atom stereocenters. The number of nitrogens with zero attached hydrogens (tertiary/aromatic N) is 1. The van der Waals surface area contributed by atoms with E-state index in [0.29, 0.717) is 30.1 Å². The van der Waals surface area contributed by atoms with Crippen molar-refractivity contribution in [3.05, 3.63) is 36.2 Å². The minimum absolute atomic E-state index is 0.289. The van der Waals surface area contributed by atoms with E-state index in [0.717, 1.165) is 19.3 Å². The Labute approximate surface area is 147 Å². The van der Waals surface area contributed by atoms with Crippen LogP contribution in [0.1, 0.15) is 37.9 Å². The van der Waals surface area contributed by atoms with Crippen molar-refractivity contribution in [1.82, 2.24) is 10.5 Å². The molecular formula is C17H19F3N2O4. The molecule has 1 aromatic heterocycles. The number of amides is 1. The fraction of sp³-hybridized carbons (Fsp3) is 0.412. The Hall–Kier alpha value is -2.55. The molecule has 26 heavy (non-hydrogen) atoms. The van der Waals surface area contributed by atoms with Crippen molar-refractivity contribution in [2.45, 2.75) is 44.9 Å². The van der Waals surface area contributed by atoms with Gasteiger partial charge >= 0.3 is 6.36 Å². The first kappa shape index (κ1) is 19.8. The summed E-state index contributed by atoms with van der Waals surface area (Å²) >= 11 is 0. The number of hydrogen-bond donors (Lipinski definition) is 2. The number of ether oxygens (including phenoxy) is 1. The van der Waals surface area contributed by atoms with Gasteiger partial charge in [0, 0.05) is 18.4 Å². The molecule has 0 bridgehead atoms. The second-order valence-electron chi connectivity index (χ2n) is 5.65. The molecule has 6 nitrogen and oxygen atoms in total. The van der Waals surface area contributed by atoms with Gasteiger partial charge < -0.3 is 9.15 Å². The van der Waals surface area contributed by atoms with E-state index in [9.17, 15) is 18.0 Å². The van der Waals surface area contributed by atoms with Crippen LogP contribution in [0.25, 0.3) is 11.5 Å². The third kappa shape index (κ3) is 6.75. The molecule has 2 aromatic rings. The standard InChI is InChI=1S/C17H19F3N2O4/c18-17(19,20)26-13-9-7-12(8-10-13)16-21-11-14(25-16)5-3-1-2-4-6-15(23)22-24/h7-11,24H,1-6H2,(H,22,23). The Morgan fingerprint density at radius 2 is 1.85 bits per heavy atom. The van der Waals surface area contributed by atoms with Gasteiger partial charge in [0.25, 0.3) is 0 Å². The van der Waals surface area contributed by atoms with Crippen molar-refractivity contribution in [3.8, 4) is 17.2 Å². The fourth-order valence-electron chi connectivity index (χ4n) is 2.35. The van der Waals surface area contributed by atoms with Crippen LogP contribution in [0.15, 0.2) is 34.9 Å². The van der Waals surface area contributed by atoms with E-state index in [1.54, 1.807) is 11.7 Å². The van der Waals surface area contributed by atoms with Gasteiger partial charge in [0.15, 0.2) is 0 Å². The third-order valence-electron chi connectivity index (χ3n) is 3.59. The zero-order chi connectivity index (χ0) is 19.0. The van der Waals surface area contributed by atoms with Crippen LogP contribution in [0.5, 0.6) is 5.75 Å². The molecule has 1 amide bonds. The van der Waals surface area contributed by atoms with Crippen LogP contribution in [-0.4, -0.2) is 22.5 Å². The normalized spacial score (nSPS) is 11.4. The molecule has 2 N–H and O–H groups in total. The molecule has 0 aliphatic rings. The molecule has 0 spiro atoms. The van der Waals surface area contributed by atoms with E-state index in [-0.39, 0.29) is 12.2 Å². The number of oxazole rings is 1. The predicted molar refractivity (Wildman–Crippen MR) is 85.3 cm³/mol. The zero-order valence-electron chi connectivity index (χ0n) is 13.9. The third-order valence-corrected chi connectivity index (χ3v) is 3.59. The molecule has 0 radical (unpaired) electrons. The fourth-order valence-corrected chi connectivity index (χ4v) is 2.35. The average Bonchev–Trinajstić information content (AvgIpc) is 3.06. The van der Waals surface area contributed by atoms with Crippen molar-refractivity contribution in [1.29, 1.82) is 0 Å². The van der Waals surface area contributed by atoms with Gasteiger partial charge in [0.2, 0.25) is 11.8 Å². The van der Waals surface area contributed by atoms with Gasteiger partial charge in [0.05, 0.1) is 6.20 Å². The highest BCUT2D eigenvalue weighted by molar-refractivity contribution is 5.74. The van der Waals surface area contributed by atoms with E-state index < -0.39 is 12.3 Å². The quantitative estimate of drug-likeness (QED) is 0.391. The molecule has 0 saturated carbocycles. The Balaban J connectivity index is 1.77. The molecule has 142 valence electrons. The predicted octanol–water partition coefficient (Wildman–Crippen LogP) is 4.24. The number of benzene rings is 1. The highest BCUT2D eigenvalue weighted by Crippen LogP contribution is 2.26. The number of aromatic nitrogens is 1. The number of alkyl halides is 3. The molecule has 0 saturated heterocycles. The largest absolute Gasteiger partial charge is 0.573 e. The van der Waals surface area contributed by atoms with Gasteiger partial charge in [-0.25, -0.2) is 10.5 Å². The highest BCUT2D eigenvalue weighted by atomic mass is 19.4. The summed E-state index contributed by atoms with van der Waals surface area (Å²) in [6.45, 7) is 0. The maximum absolute atomic E-state index is 12.1. The van der Waals surface area contributed by atoms with Crippen molar-refractivity contribution < 1.29 is 32.3 Å². The number of carbonyl (C=O) groups excluding carboxylic acids is 1. The van der Waals surface area contributed by atoms with Crippen molar-refractivity contribution >= 4 is 5.91 Å². The maximum Gasteiger partial charge on any atom is 0.573 e. The summed E-state index contributed by atoms with van der Waals surface area (Å²) < 4.78 is 45.8.